The molecule has 0 saturated heterocycles. The fourth-order valence-electron chi connectivity index (χ4n) is 3.61. The van der Waals surface area contributed by atoms with E-state index in [9.17, 15) is 9.18 Å². The van der Waals surface area contributed by atoms with Gasteiger partial charge in [0, 0.05) is 27.0 Å². The van der Waals surface area contributed by atoms with Crippen molar-refractivity contribution in [3.05, 3.63) is 58.3 Å². The van der Waals surface area contributed by atoms with Crippen molar-refractivity contribution in [2.45, 2.75) is 20.3 Å². The zero-order valence-corrected chi connectivity index (χ0v) is 18.4. The molecule has 0 aliphatic rings. The van der Waals surface area contributed by atoms with Crippen molar-refractivity contribution < 1.29 is 18.7 Å². The van der Waals surface area contributed by atoms with E-state index in [1.54, 1.807) is 20.3 Å². The molecular formula is C23H22FN3O3S. The monoisotopic (exact) mass is 439 g/mol. The quantitative estimate of drug-likeness (QED) is 0.430. The predicted molar refractivity (Wildman–Crippen MR) is 121 cm³/mol. The van der Waals surface area contributed by atoms with Gasteiger partial charge in [-0.2, -0.15) is 0 Å². The largest absolute Gasteiger partial charge is 0.493 e. The number of nitrogens with zero attached hydrogens (tertiary/aromatic N) is 1. The molecule has 160 valence electrons. The van der Waals surface area contributed by atoms with E-state index >= 15 is 0 Å². The van der Waals surface area contributed by atoms with Crippen molar-refractivity contribution in [3.63, 3.8) is 0 Å². The fourth-order valence-corrected chi connectivity index (χ4v) is 4.46. The highest BCUT2D eigenvalue weighted by Crippen LogP contribution is 2.36. The summed E-state index contributed by atoms with van der Waals surface area (Å²) in [5.74, 6) is 0.711. The molecule has 0 spiro atoms. The Kier molecular flexibility index (Phi) is 5.65. The number of ether oxygens (including phenoxy) is 2. The normalized spacial score (nSPS) is 11.0. The molecule has 0 saturated carbocycles. The van der Waals surface area contributed by atoms with Crippen molar-refractivity contribution in [1.82, 2.24) is 9.97 Å². The number of halogens is 1. The van der Waals surface area contributed by atoms with Gasteiger partial charge in [-0.05, 0) is 55.8 Å². The molecule has 4 aromatic rings. The Hall–Kier alpha value is -3.39. The number of aromatic amines is 1. The first-order valence-electron chi connectivity index (χ1n) is 9.66. The van der Waals surface area contributed by atoms with Crippen LogP contribution in [-0.4, -0.2) is 30.1 Å². The summed E-state index contributed by atoms with van der Waals surface area (Å²) in [4.78, 5) is 21.5. The van der Waals surface area contributed by atoms with Crippen LogP contribution in [0.1, 0.15) is 16.1 Å². The number of hydrogen-bond donors (Lipinski definition) is 2. The zero-order valence-electron chi connectivity index (χ0n) is 17.6. The highest BCUT2D eigenvalue weighted by Gasteiger charge is 2.17. The summed E-state index contributed by atoms with van der Waals surface area (Å²) in [5, 5.41) is 4.10. The fraction of sp³-hybridized carbons (Fsp3) is 0.217. The maximum absolute atomic E-state index is 13.7. The average molecular weight is 440 g/mol. The van der Waals surface area contributed by atoms with Gasteiger partial charge >= 0.3 is 0 Å². The van der Waals surface area contributed by atoms with Crippen LogP contribution in [0.15, 0.2) is 36.4 Å². The number of benzene rings is 2. The van der Waals surface area contributed by atoms with E-state index in [0.29, 0.717) is 22.0 Å². The van der Waals surface area contributed by atoms with Crippen LogP contribution in [0, 0.1) is 19.7 Å². The van der Waals surface area contributed by atoms with Crippen LogP contribution >= 0.6 is 11.3 Å². The number of carbonyl (C=O) groups excluding carboxylic acids is 1. The molecule has 2 aromatic heterocycles. The predicted octanol–water partition coefficient (Wildman–Crippen LogP) is 5.25. The number of hydrogen-bond acceptors (Lipinski definition) is 5. The summed E-state index contributed by atoms with van der Waals surface area (Å²) in [6, 6.07) is 10.1. The van der Waals surface area contributed by atoms with Crippen LogP contribution in [0.5, 0.6) is 11.5 Å². The maximum atomic E-state index is 13.7. The molecule has 2 aromatic carbocycles. The third-order valence-corrected chi connectivity index (χ3v) is 6.01. The summed E-state index contributed by atoms with van der Waals surface area (Å²) in [6.07, 6.45) is 0.125. The molecule has 4 rings (SSSR count). The Morgan fingerprint density at radius 3 is 2.65 bits per heavy atom. The summed E-state index contributed by atoms with van der Waals surface area (Å²) in [5.41, 5.74) is 4.07. The Morgan fingerprint density at radius 2 is 1.90 bits per heavy atom. The summed E-state index contributed by atoms with van der Waals surface area (Å²) < 4.78 is 24.3. The number of amides is 1. The van der Waals surface area contributed by atoms with E-state index in [1.807, 2.05) is 32.0 Å². The number of thiazole rings is 1. The minimum atomic E-state index is -0.330. The van der Waals surface area contributed by atoms with Crippen molar-refractivity contribution in [1.29, 1.82) is 0 Å². The van der Waals surface area contributed by atoms with Gasteiger partial charge in [-0.25, -0.2) is 9.37 Å². The number of H-pyrrole nitrogens is 1. The minimum absolute atomic E-state index is 0.125. The Bertz CT molecular complexity index is 1280. The second-order valence-corrected chi connectivity index (χ2v) is 8.34. The lowest BCUT2D eigenvalue weighted by Crippen LogP contribution is -2.14. The summed E-state index contributed by atoms with van der Waals surface area (Å²) in [6.45, 7) is 3.83. The first kappa shape index (κ1) is 20.9. The van der Waals surface area contributed by atoms with Crippen LogP contribution < -0.4 is 14.8 Å². The second-order valence-electron chi connectivity index (χ2n) is 7.14. The number of anilines is 1. The highest BCUT2D eigenvalue weighted by molar-refractivity contribution is 7.16. The average Bonchev–Trinajstić information content (AvgIpc) is 3.26. The molecule has 2 heterocycles. The smallest absolute Gasteiger partial charge is 0.230 e. The molecule has 0 unspecified atom stereocenters. The zero-order chi connectivity index (χ0) is 22.1. The molecule has 0 bridgehead atoms. The van der Waals surface area contributed by atoms with E-state index in [1.165, 1.54) is 23.5 Å². The molecule has 8 heteroatoms. The molecule has 2 N–H and O–H groups in total. The van der Waals surface area contributed by atoms with Gasteiger partial charge in [-0.15, -0.1) is 11.3 Å². The molecule has 0 aliphatic heterocycles. The molecule has 6 nitrogen and oxygen atoms in total. The van der Waals surface area contributed by atoms with Crippen LogP contribution in [0.2, 0.25) is 0 Å². The SMILES string of the molecule is COc1ccc(-c2nc(NC(=O)Cc3c(C)[nH]c4ccc(F)cc34)sc2C)cc1OC. The molecule has 0 atom stereocenters. The number of aryl methyl sites for hydroxylation is 2. The standard InChI is InChI=1S/C23H22FN3O3S/c1-12-16(17-10-15(24)6-7-18(17)25-12)11-21(28)26-23-27-22(13(2)31-23)14-5-8-19(29-3)20(9-14)30-4/h5-10,25H,11H2,1-4H3,(H,26,27,28). The van der Waals surface area contributed by atoms with E-state index in [0.717, 1.165) is 32.9 Å². The van der Waals surface area contributed by atoms with Crippen molar-refractivity contribution >= 4 is 33.3 Å². The number of fused-ring (bicyclic) bond motifs is 1. The number of aromatic nitrogens is 2. The molecule has 0 aliphatic carbocycles. The van der Waals surface area contributed by atoms with Crippen molar-refractivity contribution in [2.75, 3.05) is 19.5 Å². The van der Waals surface area contributed by atoms with E-state index in [4.69, 9.17) is 9.47 Å². The van der Waals surface area contributed by atoms with E-state index in [2.05, 4.69) is 15.3 Å². The van der Waals surface area contributed by atoms with Gasteiger partial charge < -0.3 is 19.8 Å². The van der Waals surface area contributed by atoms with Crippen LogP contribution in [-0.2, 0) is 11.2 Å². The maximum Gasteiger partial charge on any atom is 0.230 e. The number of rotatable bonds is 6. The van der Waals surface area contributed by atoms with Crippen LogP contribution in [0.25, 0.3) is 22.2 Å². The topological polar surface area (TPSA) is 76.2 Å². The molecular weight excluding hydrogens is 417 g/mol. The van der Waals surface area contributed by atoms with E-state index < -0.39 is 0 Å². The Labute approximate surface area is 183 Å². The summed E-state index contributed by atoms with van der Waals surface area (Å²) in [7, 11) is 3.17. The van der Waals surface area contributed by atoms with Gasteiger partial charge in [0.1, 0.15) is 5.82 Å². The summed E-state index contributed by atoms with van der Waals surface area (Å²) >= 11 is 1.40. The first-order chi connectivity index (χ1) is 14.9. The number of carbonyl (C=O) groups is 1. The van der Waals surface area contributed by atoms with Crippen molar-refractivity contribution in [2.24, 2.45) is 0 Å². The first-order valence-corrected chi connectivity index (χ1v) is 10.5. The molecule has 0 radical (unpaired) electrons. The lowest BCUT2D eigenvalue weighted by Gasteiger charge is -2.08. The number of methoxy groups -OCH3 is 2. The Morgan fingerprint density at radius 1 is 1.13 bits per heavy atom. The van der Waals surface area contributed by atoms with Gasteiger partial charge in [0.25, 0.3) is 0 Å². The molecule has 0 fully saturated rings. The van der Waals surface area contributed by atoms with Gasteiger partial charge in [0.05, 0.1) is 26.3 Å². The number of nitrogens with one attached hydrogen (secondary N) is 2. The lowest BCUT2D eigenvalue weighted by molar-refractivity contribution is -0.115. The van der Waals surface area contributed by atoms with Gasteiger partial charge in [0.15, 0.2) is 16.6 Å². The van der Waals surface area contributed by atoms with E-state index in [-0.39, 0.29) is 18.1 Å². The highest BCUT2D eigenvalue weighted by atomic mass is 32.1. The third-order valence-electron chi connectivity index (χ3n) is 5.12. The van der Waals surface area contributed by atoms with Gasteiger partial charge in [-0.3, -0.25) is 4.79 Å². The van der Waals surface area contributed by atoms with Crippen LogP contribution in [0.4, 0.5) is 9.52 Å². The third kappa shape index (κ3) is 4.11. The minimum Gasteiger partial charge on any atom is -0.493 e. The molecule has 31 heavy (non-hydrogen) atoms. The molecule has 1 amide bonds. The second kappa shape index (κ2) is 8.39. The Balaban J connectivity index is 1.56. The lowest BCUT2D eigenvalue weighted by atomic mass is 10.1. The van der Waals surface area contributed by atoms with Crippen molar-refractivity contribution in [3.8, 4) is 22.8 Å². The van der Waals surface area contributed by atoms with Crippen LogP contribution in [0.3, 0.4) is 0 Å². The van der Waals surface area contributed by atoms with Gasteiger partial charge in [-0.1, -0.05) is 0 Å². The van der Waals surface area contributed by atoms with Gasteiger partial charge in [0.2, 0.25) is 5.91 Å².